The molecule has 1 rings (SSSR count). The van der Waals surface area contributed by atoms with Gasteiger partial charge in [-0.25, -0.2) is 9.97 Å². The smallest absolute Gasteiger partial charge is 0.225 e. The van der Waals surface area contributed by atoms with Gasteiger partial charge in [-0.05, 0) is 13.8 Å². The molecule has 1 aromatic heterocycles. The lowest BCUT2D eigenvalue weighted by atomic mass is 10.1. The molecule has 0 fully saturated rings. The third-order valence-electron chi connectivity index (χ3n) is 2.20. The van der Waals surface area contributed by atoms with Gasteiger partial charge in [-0.1, -0.05) is 11.6 Å². The Hall–Kier alpha value is -0.870. The maximum absolute atomic E-state index is 9.16. The van der Waals surface area contributed by atoms with E-state index in [1.54, 1.807) is 0 Å². The van der Waals surface area contributed by atoms with Crippen LogP contribution in [0, 0.1) is 0 Å². The number of aromatic nitrogens is 2. The molecule has 78 valence electrons. The average Bonchev–Trinajstić information content (AvgIpc) is 2.18. The quantitative estimate of drug-likeness (QED) is 0.827. The predicted octanol–water partition coefficient (Wildman–Crippen LogP) is 1.34. The molecule has 4 nitrogen and oxygen atoms in total. The highest BCUT2D eigenvalue weighted by Crippen LogP contribution is 2.18. The van der Waals surface area contributed by atoms with Gasteiger partial charge in [0.15, 0.2) is 0 Å². The zero-order chi connectivity index (χ0) is 10.8. The summed E-state index contributed by atoms with van der Waals surface area (Å²) in [5, 5.41) is 9.66. The molecule has 0 bridgehead atoms. The Labute approximate surface area is 88.6 Å². The van der Waals surface area contributed by atoms with Gasteiger partial charge in [-0.2, -0.15) is 0 Å². The molecule has 0 atom stereocenters. The molecule has 1 N–H and O–H groups in total. The summed E-state index contributed by atoms with van der Waals surface area (Å²) in [6, 6.07) is 0. The van der Waals surface area contributed by atoms with Crippen LogP contribution in [0.5, 0.6) is 0 Å². The topological polar surface area (TPSA) is 49.2 Å². The Balaban J connectivity index is 2.89. The lowest BCUT2D eigenvalue weighted by Crippen LogP contribution is -2.45. The van der Waals surface area contributed by atoms with Crippen LogP contribution in [0.15, 0.2) is 12.4 Å². The largest absolute Gasteiger partial charge is 0.394 e. The molecule has 0 aromatic carbocycles. The molecule has 0 unspecified atom stereocenters. The van der Waals surface area contributed by atoms with E-state index in [0.717, 1.165) is 0 Å². The summed E-state index contributed by atoms with van der Waals surface area (Å²) >= 11 is 5.67. The molecule has 5 heteroatoms. The number of likely N-dealkylation sites (N-methyl/N-ethyl adjacent to an activating group) is 1. The zero-order valence-electron chi connectivity index (χ0n) is 8.53. The van der Waals surface area contributed by atoms with Crippen LogP contribution in [-0.2, 0) is 0 Å². The van der Waals surface area contributed by atoms with Crippen LogP contribution in [0.1, 0.15) is 13.8 Å². The van der Waals surface area contributed by atoms with Crippen molar-refractivity contribution in [3.8, 4) is 0 Å². The second kappa shape index (κ2) is 4.11. The van der Waals surface area contributed by atoms with E-state index in [1.165, 1.54) is 12.4 Å². The minimum absolute atomic E-state index is 0.0372. The van der Waals surface area contributed by atoms with Gasteiger partial charge >= 0.3 is 0 Å². The molecule has 0 aliphatic carbocycles. The maximum Gasteiger partial charge on any atom is 0.225 e. The first-order valence-electron chi connectivity index (χ1n) is 4.29. The molecule has 0 spiro atoms. The predicted molar refractivity (Wildman–Crippen MR) is 56.6 cm³/mol. The van der Waals surface area contributed by atoms with Crippen LogP contribution in [0.4, 0.5) is 5.95 Å². The molecule has 14 heavy (non-hydrogen) atoms. The number of aliphatic hydroxyl groups excluding tert-OH is 1. The number of rotatable bonds is 3. The normalized spacial score (nSPS) is 11.5. The van der Waals surface area contributed by atoms with E-state index < -0.39 is 0 Å². The summed E-state index contributed by atoms with van der Waals surface area (Å²) in [6.45, 7) is 3.85. The van der Waals surface area contributed by atoms with Crippen LogP contribution in [-0.4, -0.2) is 34.3 Å². The van der Waals surface area contributed by atoms with E-state index in [2.05, 4.69) is 9.97 Å². The third kappa shape index (κ3) is 2.33. The minimum atomic E-state index is -0.381. The third-order valence-corrected chi connectivity index (χ3v) is 2.40. The molecule has 0 aliphatic rings. The Kier molecular flexibility index (Phi) is 3.29. The molecule has 1 aromatic rings. The Bertz CT molecular complexity index is 299. The average molecular weight is 216 g/mol. The van der Waals surface area contributed by atoms with Crippen LogP contribution in [0.25, 0.3) is 0 Å². The van der Waals surface area contributed by atoms with Crippen molar-refractivity contribution in [1.82, 2.24) is 9.97 Å². The van der Waals surface area contributed by atoms with Gasteiger partial charge in [-0.3, -0.25) is 0 Å². The van der Waals surface area contributed by atoms with Crippen LogP contribution in [0.3, 0.4) is 0 Å². The van der Waals surface area contributed by atoms with Crippen molar-refractivity contribution in [1.29, 1.82) is 0 Å². The fourth-order valence-electron chi connectivity index (χ4n) is 0.855. The first-order chi connectivity index (χ1) is 6.47. The highest BCUT2D eigenvalue weighted by molar-refractivity contribution is 6.30. The van der Waals surface area contributed by atoms with Crippen LogP contribution >= 0.6 is 11.6 Å². The molecular weight excluding hydrogens is 202 g/mol. The Morgan fingerprint density at radius 2 is 1.93 bits per heavy atom. The molecule has 0 saturated carbocycles. The molecule has 0 amide bonds. The van der Waals surface area contributed by atoms with Crippen molar-refractivity contribution in [3.63, 3.8) is 0 Å². The van der Waals surface area contributed by atoms with Crippen molar-refractivity contribution in [3.05, 3.63) is 17.4 Å². The van der Waals surface area contributed by atoms with E-state index in [-0.39, 0.29) is 12.1 Å². The van der Waals surface area contributed by atoms with Gasteiger partial charge in [0, 0.05) is 7.05 Å². The Morgan fingerprint density at radius 3 is 2.36 bits per heavy atom. The SMILES string of the molecule is CN(c1ncc(Cl)cn1)C(C)(C)CO. The van der Waals surface area contributed by atoms with Gasteiger partial charge in [0.1, 0.15) is 0 Å². The summed E-state index contributed by atoms with van der Waals surface area (Å²) in [4.78, 5) is 9.94. The molecule has 0 radical (unpaired) electrons. The molecule has 0 aliphatic heterocycles. The molecular formula is C9H14ClN3O. The van der Waals surface area contributed by atoms with Crippen molar-refractivity contribution < 1.29 is 5.11 Å². The number of aliphatic hydroxyl groups is 1. The fraction of sp³-hybridized carbons (Fsp3) is 0.556. The van der Waals surface area contributed by atoms with Gasteiger partial charge in [0.05, 0.1) is 29.6 Å². The lowest BCUT2D eigenvalue weighted by Gasteiger charge is -2.33. The highest BCUT2D eigenvalue weighted by Gasteiger charge is 2.24. The zero-order valence-corrected chi connectivity index (χ0v) is 9.28. The van der Waals surface area contributed by atoms with E-state index in [0.29, 0.717) is 11.0 Å². The number of halogens is 1. The highest BCUT2D eigenvalue weighted by atomic mass is 35.5. The van der Waals surface area contributed by atoms with Crippen molar-refractivity contribution in [2.24, 2.45) is 0 Å². The second-order valence-electron chi connectivity index (χ2n) is 3.73. The number of hydrogen-bond donors (Lipinski definition) is 1. The monoisotopic (exact) mass is 215 g/mol. The first kappa shape index (κ1) is 11.2. The summed E-state index contributed by atoms with van der Waals surface area (Å²) in [6.07, 6.45) is 3.07. The van der Waals surface area contributed by atoms with Crippen molar-refractivity contribution in [2.75, 3.05) is 18.6 Å². The van der Waals surface area contributed by atoms with Gasteiger partial charge < -0.3 is 10.0 Å². The molecule has 0 saturated heterocycles. The number of hydrogen-bond acceptors (Lipinski definition) is 4. The summed E-state index contributed by atoms with van der Waals surface area (Å²) in [7, 11) is 1.83. The van der Waals surface area contributed by atoms with Crippen molar-refractivity contribution >= 4 is 17.5 Å². The summed E-state index contributed by atoms with van der Waals surface area (Å²) in [5.41, 5.74) is -0.381. The molecule has 1 heterocycles. The van der Waals surface area contributed by atoms with E-state index in [4.69, 9.17) is 16.7 Å². The van der Waals surface area contributed by atoms with Gasteiger partial charge in [0.25, 0.3) is 0 Å². The van der Waals surface area contributed by atoms with Crippen LogP contribution < -0.4 is 4.90 Å². The van der Waals surface area contributed by atoms with E-state index in [1.807, 2.05) is 25.8 Å². The van der Waals surface area contributed by atoms with E-state index in [9.17, 15) is 0 Å². The second-order valence-corrected chi connectivity index (χ2v) is 4.17. The van der Waals surface area contributed by atoms with Gasteiger partial charge in [0.2, 0.25) is 5.95 Å². The lowest BCUT2D eigenvalue weighted by molar-refractivity contribution is 0.215. The minimum Gasteiger partial charge on any atom is -0.394 e. The maximum atomic E-state index is 9.16. The van der Waals surface area contributed by atoms with E-state index >= 15 is 0 Å². The first-order valence-corrected chi connectivity index (χ1v) is 4.67. The Morgan fingerprint density at radius 1 is 1.43 bits per heavy atom. The summed E-state index contributed by atoms with van der Waals surface area (Å²) in [5.74, 6) is 0.549. The standard InChI is InChI=1S/C9H14ClN3O/c1-9(2,6-14)13(3)8-11-4-7(10)5-12-8/h4-5,14H,6H2,1-3H3. The van der Waals surface area contributed by atoms with Crippen LogP contribution in [0.2, 0.25) is 5.02 Å². The summed E-state index contributed by atoms with van der Waals surface area (Å²) < 4.78 is 0. The van der Waals surface area contributed by atoms with Gasteiger partial charge in [-0.15, -0.1) is 0 Å². The van der Waals surface area contributed by atoms with Crippen molar-refractivity contribution in [2.45, 2.75) is 19.4 Å². The fourth-order valence-corrected chi connectivity index (χ4v) is 0.953. The number of nitrogens with zero attached hydrogens (tertiary/aromatic N) is 3. The number of anilines is 1.